The number of rotatable bonds is 9. The molecule has 30 heavy (non-hydrogen) atoms. The molecule has 2 aliphatic rings. The highest BCUT2D eigenvalue weighted by Gasteiger charge is 2.20. The molecule has 0 aliphatic carbocycles. The topological polar surface area (TPSA) is 52.1 Å². The Morgan fingerprint density at radius 2 is 1.73 bits per heavy atom. The van der Waals surface area contributed by atoms with Crippen molar-refractivity contribution in [2.75, 3.05) is 52.5 Å². The van der Waals surface area contributed by atoms with E-state index in [0.717, 1.165) is 51.9 Å². The van der Waals surface area contributed by atoms with E-state index in [1.165, 1.54) is 43.5 Å². The molecule has 1 aromatic rings. The number of ether oxygens (including phenoxy) is 1. The number of guanidine groups is 1. The van der Waals surface area contributed by atoms with Crippen LogP contribution in [0.3, 0.4) is 0 Å². The number of hydrogen-bond acceptors (Lipinski definition) is 4. The van der Waals surface area contributed by atoms with Gasteiger partial charge in [0.05, 0.1) is 19.8 Å². The third-order valence-electron chi connectivity index (χ3n) is 6.00. The highest BCUT2D eigenvalue weighted by atomic mass is 127. The van der Waals surface area contributed by atoms with Crippen molar-refractivity contribution in [2.24, 2.45) is 4.99 Å². The number of morpholine rings is 1. The van der Waals surface area contributed by atoms with Crippen LogP contribution in [-0.2, 0) is 17.8 Å². The lowest BCUT2D eigenvalue weighted by molar-refractivity contribution is 0.0341. The Hall–Kier alpha value is -0.900. The van der Waals surface area contributed by atoms with Gasteiger partial charge in [-0.05, 0) is 50.4 Å². The van der Waals surface area contributed by atoms with Crippen LogP contribution < -0.4 is 10.6 Å². The smallest absolute Gasteiger partial charge is 0.191 e. The molecule has 170 valence electrons. The summed E-state index contributed by atoms with van der Waals surface area (Å²) in [6, 6.07) is 9.29. The van der Waals surface area contributed by atoms with Crippen LogP contribution in [0.1, 0.15) is 44.2 Å². The normalized spacial score (nSPS) is 19.3. The van der Waals surface area contributed by atoms with Gasteiger partial charge in [0.15, 0.2) is 5.96 Å². The maximum atomic E-state index is 5.48. The fourth-order valence-electron chi connectivity index (χ4n) is 4.23. The van der Waals surface area contributed by atoms with Crippen molar-refractivity contribution >= 4 is 29.9 Å². The molecular formula is C23H40IN5O. The van der Waals surface area contributed by atoms with Crippen molar-refractivity contribution in [3.05, 3.63) is 35.4 Å². The second-order valence-corrected chi connectivity index (χ2v) is 8.04. The molecule has 2 heterocycles. The first-order valence-corrected chi connectivity index (χ1v) is 11.4. The van der Waals surface area contributed by atoms with Gasteiger partial charge in [-0.25, -0.2) is 4.99 Å². The number of halogens is 1. The summed E-state index contributed by atoms with van der Waals surface area (Å²) in [4.78, 5) is 9.99. The van der Waals surface area contributed by atoms with Crippen LogP contribution in [0.4, 0.5) is 0 Å². The summed E-state index contributed by atoms with van der Waals surface area (Å²) in [7, 11) is 0. The largest absolute Gasteiger partial charge is 0.379 e. The fourth-order valence-corrected chi connectivity index (χ4v) is 4.23. The maximum absolute atomic E-state index is 5.48. The number of aliphatic imine (C=N–C) groups is 1. The molecule has 2 N–H and O–H groups in total. The molecule has 7 heteroatoms. The number of benzene rings is 1. The predicted molar refractivity (Wildman–Crippen MR) is 136 cm³/mol. The van der Waals surface area contributed by atoms with Crippen LogP contribution in [0.5, 0.6) is 0 Å². The summed E-state index contributed by atoms with van der Waals surface area (Å²) in [5.41, 5.74) is 2.68. The van der Waals surface area contributed by atoms with Crippen LogP contribution in [-0.4, -0.2) is 74.3 Å². The van der Waals surface area contributed by atoms with Gasteiger partial charge in [0.2, 0.25) is 0 Å². The van der Waals surface area contributed by atoms with Crippen LogP contribution in [0, 0.1) is 0 Å². The van der Waals surface area contributed by atoms with Crippen molar-refractivity contribution in [1.82, 2.24) is 20.4 Å². The summed E-state index contributed by atoms with van der Waals surface area (Å²) >= 11 is 0. The molecule has 0 aromatic heterocycles. The summed E-state index contributed by atoms with van der Waals surface area (Å²) in [5.74, 6) is 0.923. The number of nitrogens with zero attached hydrogens (tertiary/aromatic N) is 3. The van der Waals surface area contributed by atoms with Gasteiger partial charge < -0.3 is 15.4 Å². The Kier molecular flexibility index (Phi) is 12.0. The molecule has 3 rings (SSSR count). The first-order valence-electron chi connectivity index (χ1n) is 11.4. The summed E-state index contributed by atoms with van der Waals surface area (Å²) < 4.78 is 5.48. The SMILES string of the molecule is CCNC(=NCc1ccccc1CN1CCOCC1)NCC(CC)N1CCCC1.I. The number of hydrogen-bond donors (Lipinski definition) is 2. The van der Waals surface area contributed by atoms with E-state index in [1.807, 2.05) is 0 Å². The minimum atomic E-state index is 0. The van der Waals surface area contributed by atoms with E-state index in [4.69, 9.17) is 9.73 Å². The third kappa shape index (κ3) is 7.98. The molecular weight excluding hydrogens is 489 g/mol. The summed E-state index contributed by atoms with van der Waals surface area (Å²) in [6.07, 6.45) is 3.85. The van der Waals surface area contributed by atoms with Crippen LogP contribution in [0.25, 0.3) is 0 Å². The predicted octanol–water partition coefficient (Wildman–Crippen LogP) is 3.07. The minimum absolute atomic E-state index is 0. The van der Waals surface area contributed by atoms with Crippen molar-refractivity contribution < 1.29 is 4.74 Å². The first kappa shape index (κ1) is 25.4. The van der Waals surface area contributed by atoms with E-state index in [1.54, 1.807) is 0 Å². The van der Waals surface area contributed by atoms with E-state index < -0.39 is 0 Å². The molecule has 0 radical (unpaired) electrons. The molecule has 0 bridgehead atoms. The standard InChI is InChI=1S/C23H39N5O.HI/c1-3-22(28-11-7-8-12-28)18-26-23(24-4-2)25-17-20-9-5-6-10-21(20)19-27-13-15-29-16-14-27;/h5-6,9-10,22H,3-4,7-8,11-19H2,1-2H3,(H2,24,25,26);1H. The van der Waals surface area contributed by atoms with Gasteiger partial charge in [-0.2, -0.15) is 0 Å². The van der Waals surface area contributed by atoms with Crippen molar-refractivity contribution in [3.8, 4) is 0 Å². The molecule has 2 aliphatic heterocycles. The van der Waals surface area contributed by atoms with Crippen molar-refractivity contribution in [3.63, 3.8) is 0 Å². The monoisotopic (exact) mass is 529 g/mol. The molecule has 1 atom stereocenters. The van der Waals surface area contributed by atoms with Gasteiger partial charge in [0.1, 0.15) is 0 Å². The second-order valence-electron chi connectivity index (χ2n) is 8.04. The van der Waals surface area contributed by atoms with Gasteiger partial charge in [0, 0.05) is 38.8 Å². The van der Waals surface area contributed by atoms with E-state index >= 15 is 0 Å². The van der Waals surface area contributed by atoms with Crippen LogP contribution in [0.15, 0.2) is 29.3 Å². The highest BCUT2D eigenvalue weighted by Crippen LogP contribution is 2.15. The molecule has 0 amide bonds. The van der Waals surface area contributed by atoms with Gasteiger partial charge in [-0.15, -0.1) is 24.0 Å². The summed E-state index contributed by atoms with van der Waals surface area (Å²) in [5, 5.41) is 7.01. The average molecular weight is 530 g/mol. The summed E-state index contributed by atoms with van der Waals surface area (Å²) in [6.45, 7) is 14.1. The molecule has 2 fully saturated rings. The van der Waals surface area contributed by atoms with Gasteiger partial charge in [0.25, 0.3) is 0 Å². The van der Waals surface area contributed by atoms with Gasteiger partial charge in [-0.3, -0.25) is 9.80 Å². The Labute approximate surface area is 199 Å². The van der Waals surface area contributed by atoms with Crippen molar-refractivity contribution in [1.29, 1.82) is 0 Å². The van der Waals surface area contributed by atoms with E-state index in [0.29, 0.717) is 12.6 Å². The molecule has 0 saturated carbocycles. The van der Waals surface area contributed by atoms with Crippen LogP contribution >= 0.6 is 24.0 Å². The van der Waals surface area contributed by atoms with Gasteiger partial charge >= 0.3 is 0 Å². The number of likely N-dealkylation sites (tertiary alicyclic amines) is 1. The fraction of sp³-hybridized carbons (Fsp3) is 0.696. The van der Waals surface area contributed by atoms with Gasteiger partial charge in [-0.1, -0.05) is 31.2 Å². The zero-order valence-electron chi connectivity index (χ0n) is 18.7. The minimum Gasteiger partial charge on any atom is -0.379 e. The Morgan fingerprint density at radius 3 is 2.40 bits per heavy atom. The molecule has 1 unspecified atom stereocenters. The molecule has 0 spiro atoms. The second kappa shape index (κ2) is 14.2. The third-order valence-corrected chi connectivity index (χ3v) is 6.00. The zero-order valence-corrected chi connectivity index (χ0v) is 21.1. The lowest BCUT2D eigenvalue weighted by Crippen LogP contribution is -2.46. The maximum Gasteiger partial charge on any atom is 0.191 e. The molecule has 6 nitrogen and oxygen atoms in total. The van der Waals surface area contributed by atoms with Crippen molar-refractivity contribution in [2.45, 2.75) is 52.2 Å². The lowest BCUT2D eigenvalue weighted by atomic mass is 10.1. The quantitative estimate of drug-likeness (QED) is 0.293. The Balaban J connectivity index is 0.00000320. The Morgan fingerprint density at radius 1 is 1.03 bits per heavy atom. The van der Waals surface area contributed by atoms with Crippen LogP contribution in [0.2, 0.25) is 0 Å². The van der Waals surface area contributed by atoms with E-state index in [9.17, 15) is 0 Å². The first-order chi connectivity index (χ1) is 14.3. The molecule has 1 aromatic carbocycles. The lowest BCUT2D eigenvalue weighted by Gasteiger charge is -2.27. The number of nitrogens with one attached hydrogen (secondary N) is 2. The zero-order chi connectivity index (χ0) is 20.3. The Bertz CT molecular complexity index is 630. The molecule has 2 saturated heterocycles. The van der Waals surface area contributed by atoms with E-state index in [-0.39, 0.29) is 24.0 Å². The highest BCUT2D eigenvalue weighted by molar-refractivity contribution is 14.0. The van der Waals surface area contributed by atoms with E-state index in [2.05, 4.69) is 58.5 Å². The average Bonchev–Trinajstić information content (AvgIpc) is 3.29.